The third kappa shape index (κ3) is 5.07. The minimum Gasteiger partial charge on any atom is -0.394 e. The summed E-state index contributed by atoms with van der Waals surface area (Å²) in [6.45, 7) is 2.23. The van der Waals surface area contributed by atoms with Gasteiger partial charge in [-0.25, -0.2) is 4.79 Å². The number of carbonyl (C=O) groups is 2. The van der Waals surface area contributed by atoms with Gasteiger partial charge in [-0.15, -0.1) is 0 Å². The van der Waals surface area contributed by atoms with E-state index < -0.39 is 12.1 Å². The molecule has 0 aromatic heterocycles. The van der Waals surface area contributed by atoms with Crippen LogP contribution in [0.15, 0.2) is 91.0 Å². The number of nitrogens with zero attached hydrogens (tertiary/aromatic N) is 2. The lowest BCUT2D eigenvalue weighted by Crippen LogP contribution is -2.50. The number of aliphatic hydroxyl groups excluding tert-OH is 1. The summed E-state index contributed by atoms with van der Waals surface area (Å²) in [5.74, 6) is -0.273. The van der Waals surface area contributed by atoms with Gasteiger partial charge in [-0.2, -0.15) is 0 Å². The Morgan fingerprint density at radius 3 is 1.85 bits per heavy atom. The highest BCUT2D eigenvalue weighted by Gasteiger charge is 2.49. The quantitative estimate of drug-likeness (QED) is 0.557. The summed E-state index contributed by atoms with van der Waals surface area (Å²) in [4.78, 5) is 30.2. The molecule has 4 rings (SSSR count). The Morgan fingerprint density at radius 2 is 1.33 bits per heavy atom. The van der Waals surface area contributed by atoms with Gasteiger partial charge in [-0.1, -0.05) is 91.0 Å². The van der Waals surface area contributed by atoms with E-state index in [9.17, 15) is 14.7 Å². The first-order valence-electron chi connectivity index (χ1n) is 11.2. The summed E-state index contributed by atoms with van der Waals surface area (Å²) in [7, 11) is 0. The van der Waals surface area contributed by atoms with Crippen molar-refractivity contribution in [2.45, 2.75) is 38.1 Å². The number of carbonyl (C=O) groups excluding carboxylic acids is 2. The second kappa shape index (κ2) is 10.3. The standard InChI is InChI=1S/C27H29N3O3/c1-20(23-15-9-4-10-16-23)28-26(32)25-24(19-31)29(17-21-11-5-2-6-12-21)27(33)30(25)18-22-13-7-3-8-14-22/h2-16,20,24-25,31H,17-19H2,1H3,(H,28,32)/t20-,24+,25?/m1/s1. The average molecular weight is 444 g/mol. The molecule has 6 nitrogen and oxygen atoms in total. The maximum atomic E-state index is 13.5. The van der Waals surface area contributed by atoms with E-state index in [4.69, 9.17) is 0 Å². The summed E-state index contributed by atoms with van der Waals surface area (Å²) in [6, 6.07) is 27.0. The Kier molecular flexibility index (Phi) is 7.05. The summed E-state index contributed by atoms with van der Waals surface area (Å²) in [6.07, 6.45) is 0. The van der Waals surface area contributed by atoms with Crippen molar-refractivity contribution in [3.63, 3.8) is 0 Å². The monoisotopic (exact) mass is 443 g/mol. The first kappa shape index (κ1) is 22.6. The van der Waals surface area contributed by atoms with Gasteiger partial charge in [0.1, 0.15) is 6.04 Å². The van der Waals surface area contributed by atoms with Crippen LogP contribution in [0.3, 0.4) is 0 Å². The Hall–Kier alpha value is -3.64. The zero-order valence-corrected chi connectivity index (χ0v) is 18.7. The topological polar surface area (TPSA) is 72.9 Å². The van der Waals surface area contributed by atoms with Gasteiger partial charge < -0.3 is 20.2 Å². The molecule has 0 aliphatic carbocycles. The molecule has 33 heavy (non-hydrogen) atoms. The summed E-state index contributed by atoms with van der Waals surface area (Å²) in [5.41, 5.74) is 2.85. The van der Waals surface area contributed by atoms with Crippen molar-refractivity contribution >= 4 is 11.9 Å². The molecular weight excluding hydrogens is 414 g/mol. The highest BCUT2D eigenvalue weighted by Crippen LogP contribution is 2.28. The Balaban J connectivity index is 1.62. The molecular formula is C27H29N3O3. The van der Waals surface area contributed by atoms with Crippen LogP contribution < -0.4 is 5.32 Å². The molecule has 0 saturated carbocycles. The van der Waals surface area contributed by atoms with Crippen LogP contribution in [-0.4, -0.2) is 45.5 Å². The van der Waals surface area contributed by atoms with Crippen LogP contribution in [0.5, 0.6) is 0 Å². The molecule has 1 aliphatic rings. The molecule has 0 spiro atoms. The Morgan fingerprint density at radius 1 is 0.848 bits per heavy atom. The molecule has 1 unspecified atom stereocenters. The van der Waals surface area contributed by atoms with Crippen molar-refractivity contribution in [2.75, 3.05) is 6.61 Å². The van der Waals surface area contributed by atoms with Crippen molar-refractivity contribution in [2.24, 2.45) is 0 Å². The van der Waals surface area contributed by atoms with Gasteiger partial charge in [0.15, 0.2) is 0 Å². The van der Waals surface area contributed by atoms with Crippen molar-refractivity contribution in [1.82, 2.24) is 15.1 Å². The third-order valence-corrected chi connectivity index (χ3v) is 6.10. The van der Waals surface area contributed by atoms with Crippen LogP contribution in [-0.2, 0) is 17.9 Å². The number of hydrogen-bond acceptors (Lipinski definition) is 3. The Bertz CT molecular complexity index is 1060. The van der Waals surface area contributed by atoms with Crippen LogP contribution >= 0.6 is 0 Å². The lowest BCUT2D eigenvalue weighted by atomic mass is 10.0. The molecule has 2 N–H and O–H groups in total. The number of nitrogens with one attached hydrogen (secondary N) is 1. The van der Waals surface area contributed by atoms with Gasteiger partial charge in [-0.05, 0) is 23.6 Å². The molecule has 3 aromatic carbocycles. The molecule has 0 bridgehead atoms. The van der Waals surface area contributed by atoms with Crippen molar-refractivity contribution < 1.29 is 14.7 Å². The molecule has 0 radical (unpaired) electrons. The summed E-state index contributed by atoms with van der Waals surface area (Å²) < 4.78 is 0. The maximum Gasteiger partial charge on any atom is 0.321 e. The number of urea groups is 1. The van der Waals surface area contributed by atoms with Gasteiger partial charge in [0.05, 0.1) is 18.7 Å². The zero-order chi connectivity index (χ0) is 23.2. The van der Waals surface area contributed by atoms with E-state index in [0.717, 1.165) is 16.7 Å². The number of amides is 3. The summed E-state index contributed by atoms with van der Waals surface area (Å²) >= 11 is 0. The molecule has 6 heteroatoms. The van der Waals surface area contributed by atoms with Crippen LogP contribution in [0.1, 0.15) is 29.7 Å². The first-order valence-corrected chi connectivity index (χ1v) is 11.2. The highest BCUT2D eigenvalue weighted by atomic mass is 16.3. The first-order chi connectivity index (χ1) is 16.1. The normalized spacial score (nSPS) is 18.9. The van der Waals surface area contributed by atoms with Crippen LogP contribution in [0.4, 0.5) is 4.79 Å². The van der Waals surface area contributed by atoms with Gasteiger partial charge in [0.2, 0.25) is 5.91 Å². The number of aliphatic hydroxyl groups is 1. The fourth-order valence-electron chi connectivity index (χ4n) is 4.35. The van der Waals surface area contributed by atoms with Crippen LogP contribution in [0.25, 0.3) is 0 Å². The molecule has 170 valence electrons. The molecule has 3 atom stereocenters. The predicted octanol–water partition coefficient (Wildman–Crippen LogP) is 3.73. The largest absolute Gasteiger partial charge is 0.394 e. The SMILES string of the molecule is C[C@@H](NC(=O)C1[C@H](CO)N(Cc2ccccc2)C(=O)N1Cc1ccccc1)c1ccccc1. The molecule has 1 heterocycles. The average Bonchev–Trinajstić information content (AvgIpc) is 3.11. The van der Waals surface area contributed by atoms with Gasteiger partial charge in [-0.3, -0.25) is 4.79 Å². The third-order valence-electron chi connectivity index (χ3n) is 6.10. The summed E-state index contributed by atoms with van der Waals surface area (Å²) in [5, 5.41) is 13.3. The van der Waals surface area contributed by atoms with Gasteiger partial charge in [0, 0.05) is 13.1 Å². The van der Waals surface area contributed by atoms with Gasteiger partial charge >= 0.3 is 6.03 Å². The number of benzene rings is 3. The van der Waals surface area contributed by atoms with Crippen molar-refractivity contribution in [3.8, 4) is 0 Å². The lowest BCUT2D eigenvalue weighted by Gasteiger charge is -2.27. The van der Waals surface area contributed by atoms with E-state index in [1.165, 1.54) is 0 Å². The predicted molar refractivity (Wildman–Crippen MR) is 127 cm³/mol. The van der Waals surface area contributed by atoms with E-state index in [1.807, 2.05) is 97.9 Å². The maximum absolute atomic E-state index is 13.5. The fourth-order valence-corrected chi connectivity index (χ4v) is 4.35. The van der Waals surface area contributed by atoms with Crippen LogP contribution in [0, 0.1) is 0 Å². The van der Waals surface area contributed by atoms with E-state index in [-0.39, 0.29) is 24.6 Å². The number of hydrogen-bond donors (Lipinski definition) is 2. The minimum atomic E-state index is -0.808. The minimum absolute atomic E-state index is 0.227. The number of rotatable bonds is 8. The van der Waals surface area contributed by atoms with E-state index in [1.54, 1.807) is 9.80 Å². The second-order valence-corrected chi connectivity index (χ2v) is 8.35. The molecule has 1 fully saturated rings. The molecule has 3 amide bonds. The molecule has 1 saturated heterocycles. The van der Waals surface area contributed by atoms with Crippen molar-refractivity contribution in [3.05, 3.63) is 108 Å². The lowest BCUT2D eigenvalue weighted by molar-refractivity contribution is -0.127. The highest BCUT2D eigenvalue weighted by molar-refractivity contribution is 5.91. The zero-order valence-electron chi connectivity index (χ0n) is 18.7. The van der Waals surface area contributed by atoms with E-state index >= 15 is 0 Å². The van der Waals surface area contributed by atoms with E-state index in [0.29, 0.717) is 13.1 Å². The smallest absolute Gasteiger partial charge is 0.321 e. The Labute approximate surface area is 194 Å². The second-order valence-electron chi connectivity index (χ2n) is 8.35. The van der Waals surface area contributed by atoms with Crippen LogP contribution in [0.2, 0.25) is 0 Å². The van der Waals surface area contributed by atoms with Gasteiger partial charge in [0.25, 0.3) is 0 Å². The fraction of sp³-hybridized carbons (Fsp3) is 0.259. The molecule has 3 aromatic rings. The van der Waals surface area contributed by atoms with Crippen molar-refractivity contribution in [1.29, 1.82) is 0 Å². The van der Waals surface area contributed by atoms with E-state index in [2.05, 4.69) is 5.32 Å². The molecule has 1 aliphatic heterocycles.